The first-order valence-electron chi connectivity index (χ1n) is 12.2. The quantitative estimate of drug-likeness (QED) is 0.324. The molecule has 1 amide bonds. The molecule has 202 valence electrons. The molecule has 0 atom stereocenters. The van der Waals surface area contributed by atoms with Crippen molar-refractivity contribution in [2.24, 2.45) is 0 Å². The molecule has 1 aliphatic rings. The minimum Gasteiger partial charge on any atom is -0.384 e. The van der Waals surface area contributed by atoms with Crippen LogP contribution in [0.15, 0.2) is 71.8 Å². The second-order valence-electron chi connectivity index (χ2n) is 9.48. The van der Waals surface area contributed by atoms with Gasteiger partial charge in [0.1, 0.15) is 0 Å². The molecular weight excluding hydrogens is 510 g/mol. The standard InChI is InChI=1S/C30H27F4N3O2/c1-36(2)12-11-35-24-7-5-21(6-8-24)30(39)37-17-22(13-19-3-9-25(31)27(33)15-19)29(38)23(18-37)14-20-4-10-26(32)28(34)16-20/h3-10,13-16,35H,11-12,17-18H2,1-2H3. The SMILES string of the molecule is CN(C)CCNc1ccc(C(=O)N2CC(=Cc3ccc(F)c(F)c3)C(=O)C(=Cc3ccc(F)c(F)c3)C2)cc1. The van der Waals surface area contributed by atoms with E-state index in [1.807, 2.05) is 19.0 Å². The first kappa shape index (κ1) is 27.8. The Morgan fingerprint density at radius 3 is 1.79 bits per heavy atom. The second kappa shape index (κ2) is 12.1. The Bertz CT molecular complexity index is 1380. The van der Waals surface area contributed by atoms with Gasteiger partial charge in [-0.05, 0) is 85.9 Å². The number of nitrogens with zero attached hydrogens (tertiary/aromatic N) is 2. The van der Waals surface area contributed by atoms with Gasteiger partial charge in [0.05, 0.1) is 13.1 Å². The highest BCUT2D eigenvalue weighted by Crippen LogP contribution is 2.25. The molecule has 5 nitrogen and oxygen atoms in total. The average molecular weight is 538 g/mol. The van der Waals surface area contributed by atoms with Crippen LogP contribution >= 0.6 is 0 Å². The lowest BCUT2D eigenvalue weighted by Crippen LogP contribution is -2.41. The minimum atomic E-state index is -1.07. The van der Waals surface area contributed by atoms with E-state index in [4.69, 9.17) is 0 Å². The fourth-order valence-electron chi connectivity index (χ4n) is 4.13. The third-order valence-electron chi connectivity index (χ3n) is 6.18. The third-order valence-corrected chi connectivity index (χ3v) is 6.18. The molecule has 3 aromatic carbocycles. The van der Waals surface area contributed by atoms with Crippen LogP contribution < -0.4 is 5.32 Å². The van der Waals surface area contributed by atoms with Crippen LogP contribution in [0.2, 0.25) is 0 Å². The Kier molecular flexibility index (Phi) is 8.61. The fourth-order valence-corrected chi connectivity index (χ4v) is 4.13. The summed E-state index contributed by atoms with van der Waals surface area (Å²) in [4.78, 5) is 30.2. The van der Waals surface area contributed by atoms with E-state index in [1.54, 1.807) is 24.3 Å². The highest BCUT2D eigenvalue weighted by atomic mass is 19.2. The molecule has 39 heavy (non-hydrogen) atoms. The maximum Gasteiger partial charge on any atom is 0.254 e. The topological polar surface area (TPSA) is 52.7 Å². The highest BCUT2D eigenvalue weighted by molar-refractivity contribution is 6.15. The molecule has 0 unspecified atom stereocenters. The van der Waals surface area contributed by atoms with E-state index >= 15 is 0 Å². The van der Waals surface area contributed by atoms with E-state index in [1.165, 1.54) is 29.2 Å². The number of ketones is 1. The summed E-state index contributed by atoms with van der Waals surface area (Å²) < 4.78 is 54.4. The van der Waals surface area contributed by atoms with Gasteiger partial charge in [0, 0.05) is 35.5 Å². The second-order valence-corrected chi connectivity index (χ2v) is 9.48. The summed E-state index contributed by atoms with van der Waals surface area (Å²) in [5.74, 6) is -4.98. The maximum absolute atomic E-state index is 13.8. The number of hydrogen-bond donors (Lipinski definition) is 1. The summed E-state index contributed by atoms with van der Waals surface area (Å²) in [6.45, 7) is 1.41. The van der Waals surface area contributed by atoms with Crippen LogP contribution in [0.25, 0.3) is 12.2 Å². The van der Waals surface area contributed by atoms with Crippen LogP contribution in [-0.4, -0.2) is 61.8 Å². The molecule has 3 aromatic rings. The van der Waals surface area contributed by atoms with Crippen molar-refractivity contribution in [1.82, 2.24) is 9.80 Å². The van der Waals surface area contributed by atoms with Crippen molar-refractivity contribution in [3.05, 3.63) is 112 Å². The Morgan fingerprint density at radius 2 is 1.33 bits per heavy atom. The van der Waals surface area contributed by atoms with Crippen LogP contribution in [0.4, 0.5) is 23.2 Å². The van der Waals surface area contributed by atoms with Gasteiger partial charge in [-0.1, -0.05) is 12.1 Å². The maximum atomic E-state index is 13.8. The summed E-state index contributed by atoms with van der Waals surface area (Å²) in [5.41, 5.74) is 2.05. The smallest absolute Gasteiger partial charge is 0.254 e. The van der Waals surface area contributed by atoms with Gasteiger partial charge in [0.25, 0.3) is 5.91 Å². The molecule has 9 heteroatoms. The number of benzene rings is 3. The van der Waals surface area contributed by atoms with E-state index in [-0.39, 0.29) is 41.3 Å². The van der Waals surface area contributed by atoms with Crippen molar-refractivity contribution < 1.29 is 27.2 Å². The minimum absolute atomic E-state index is 0.0748. The lowest BCUT2D eigenvalue weighted by Gasteiger charge is -2.30. The number of hydrogen-bond acceptors (Lipinski definition) is 4. The largest absolute Gasteiger partial charge is 0.384 e. The van der Waals surface area contributed by atoms with Gasteiger partial charge in [-0.3, -0.25) is 9.59 Å². The number of halogens is 4. The molecule has 1 aliphatic heterocycles. The van der Waals surface area contributed by atoms with E-state index in [2.05, 4.69) is 5.32 Å². The number of carbonyl (C=O) groups excluding carboxylic acids is 2. The fraction of sp³-hybridized carbons (Fsp3) is 0.200. The zero-order chi connectivity index (χ0) is 28.1. The first-order valence-corrected chi connectivity index (χ1v) is 12.2. The normalized spacial score (nSPS) is 15.9. The van der Waals surface area contributed by atoms with Gasteiger partial charge in [-0.15, -0.1) is 0 Å². The van der Waals surface area contributed by atoms with Crippen molar-refractivity contribution in [3.63, 3.8) is 0 Å². The summed E-state index contributed by atoms with van der Waals surface area (Å²) in [7, 11) is 3.94. The highest BCUT2D eigenvalue weighted by Gasteiger charge is 2.30. The summed E-state index contributed by atoms with van der Waals surface area (Å²) in [6, 6.07) is 13.4. The number of amides is 1. The van der Waals surface area contributed by atoms with Gasteiger partial charge in [-0.25, -0.2) is 17.6 Å². The zero-order valence-electron chi connectivity index (χ0n) is 21.5. The molecule has 4 rings (SSSR count). The van der Waals surface area contributed by atoms with E-state index < -0.39 is 29.1 Å². The molecule has 0 saturated carbocycles. The number of carbonyl (C=O) groups is 2. The van der Waals surface area contributed by atoms with Gasteiger partial charge in [0.15, 0.2) is 29.1 Å². The van der Waals surface area contributed by atoms with Gasteiger partial charge >= 0.3 is 0 Å². The predicted octanol–water partition coefficient (Wildman–Crippen LogP) is 5.41. The number of nitrogens with one attached hydrogen (secondary N) is 1. The molecule has 1 heterocycles. The van der Waals surface area contributed by atoms with Crippen LogP contribution in [0.1, 0.15) is 21.5 Å². The predicted molar refractivity (Wildman–Crippen MR) is 143 cm³/mol. The number of Topliss-reactive ketones (excluding diaryl/α,β-unsaturated/α-hetero) is 1. The van der Waals surface area contributed by atoms with Crippen LogP contribution in [0.3, 0.4) is 0 Å². The number of likely N-dealkylation sites (tertiary alicyclic amines) is 1. The average Bonchev–Trinajstić information content (AvgIpc) is 2.90. The van der Waals surface area contributed by atoms with Crippen molar-refractivity contribution in [2.75, 3.05) is 45.6 Å². The zero-order valence-corrected chi connectivity index (χ0v) is 21.5. The Hall–Kier alpha value is -4.24. The molecule has 1 N–H and O–H groups in total. The Balaban J connectivity index is 1.64. The molecule has 0 aromatic heterocycles. The van der Waals surface area contributed by atoms with Crippen molar-refractivity contribution in [1.29, 1.82) is 0 Å². The van der Waals surface area contributed by atoms with Crippen molar-refractivity contribution in [2.45, 2.75) is 0 Å². The number of likely N-dealkylation sites (N-methyl/N-ethyl adjacent to an activating group) is 1. The van der Waals surface area contributed by atoms with Crippen molar-refractivity contribution in [3.8, 4) is 0 Å². The molecular formula is C30H27F4N3O2. The number of anilines is 1. The summed E-state index contributed by atoms with van der Waals surface area (Å²) >= 11 is 0. The molecule has 0 spiro atoms. The van der Waals surface area contributed by atoms with Gasteiger partial charge < -0.3 is 15.1 Å². The third kappa shape index (κ3) is 7.00. The summed E-state index contributed by atoms with van der Waals surface area (Å²) in [6.07, 6.45) is 2.78. The molecule has 1 saturated heterocycles. The first-order chi connectivity index (χ1) is 18.6. The lowest BCUT2D eigenvalue weighted by atomic mass is 9.93. The van der Waals surface area contributed by atoms with E-state index in [0.717, 1.165) is 43.0 Å². The van der Waals surface area contributed by atoms with Gasteiger partial charge in [-0.2, -0.15) is 0 Å². The Morgan fingerprint density at radius 1 is 0.821 bits per heavy atom. The van der Waals surface area contributed by atoms with E-state index in [9.17, 15) is 27.2 Å². The van der Waals surface area contributed by atoms with Crippen LogP contribution in [-0.2, 0) is 4.79 Å². The van der Waals surface area contributed by atoms with Crippen LogP contribution in [0, 0.1) is 23.3 Å². The van der Waals surface area contributed by atoms with E-state index in [0.29, 0.717) is 5.56 Å². The summed E-state index contributed by atoms with van der Waals surface area (Å²) in [5, 5.41) is 3.27. The molecule has 1 fully saturated rings. The molecule has 0 aliphatic carbocycles. The van der Waals surface area contributed by atoms with Crippen LogP contribution in [0.5, 0.6) is 0 Å². The van der Waals surface area contributed by atoms with Gasteiger partial charge in [0.2, 0.25) is 0 Å². The molecule has 0 radical (unpaired) electrons. The number of rotatable bonds is 7. The number of piperidine rings is 1. The Labute approximate surface area is 224 Å². The van der Waals surface area contributed by atoms with Crippen molar-refractivity contribution >= 4 is 29.5 Å². The lowest BCUT2D eigenvalue weighted by molar-refractivity contribution is -0.113. The monoisotopic (exact) mass is 537 g/mol. The molecule has 0 bridgehead atoms.